The zero-order chi connectivity index (χ0) is 99.1. The molecule has 8 aliphatic rings. The van der Waals surface area contributed by atoms with Gasteiger partial charge in [-0.3, -0.25) is 53.0 Å². The Balaban J connectivity index is 0.000000186. The number of aliphatic hydroxyl groups is 1. The van der Waals surface area contributed by atoms with Crippen molar-refractivity contribution < 1.29 is 88.5 Å². The Labute approximate surface area is 812 Å². The molecule has 0 spiro atoms. The number of esters is 2. The first-order valence-electron chi connectivity index (χ1n) is 48.3. The summed E-state index contributed by atoms with van der Waals surface area (Å²) in [5.74, 6) is -8.47. The van der Waals surface area contributed by atoms with E-state index in [9.17, 15) is 65.8 Å². The molecule has 5 aliphatic heterocycles. The van der Waals surface area contributed by atoms with Crippen LogP contribution in [0.2, 0.25) is 33.2 Å². The molecule has 3 aliphatic carbocycles. The zero-order valence-corrected chi connectivity index (χ0v) is 84.5. The summed E-state index contributed by atoms with van der Waals surface area (Å²) in [6, 6.07) is 20.5. The van der Waals surface area contributed by atoms with E-state index in [0.29, 0.717) is 137 Å². The predicted octanol–water partition coefficient (Wildman–Crippen LogP) is 19.8. The fourth-order valence-electron chi connectivity index (χ4n) is 22.5. The molecule has 2 unspecified atom stereocenters. The lowest BCUT2D eigenvalue weighted by molar-refractivity contribution is -0.147. The second-order valence-corrected chi connectivity index (χ2v) is 46.4. The van der Waals surface area contributed by atoms with E-state index in [0.717, 1.165) is 87.5 Å². The molecule has 740 valence electrons. The number of aryl methyl sites for hydroxylation is 3. The zero-order valence-electron chi connectivity index (χ0n) is 81.2. The molecule has 0 bridgehead atoms. The average molecular weight is 1970 g/mol. The van der Waals surface area contributed by atoms with Gasteiger partial charge in [-0.25, -0.2) is 26.3 Å². The maximum atomic E-state index is 15.5. The number of halogens is 9. The van der Waals surface area contributed by atoms with Crippen LogP contribution in [0, 0.1) is 73.4 Å². The van der Waals surface area contributed by atoms with Crippen molar-refractivity contribution >= 4 is 96.3 Å². The third-order valence-corrected chi connectivity index (χ3v) is 36.3. The van der Waals surface area contributed by atoms with Crippen molar-refractivity contribution in [2.75, 3.05) is 66.6 Å². The van der Waals surface area contributed by atoms with Gasteiger partial charge in [0, 0.05) is 155 Å². The maximum absolute atomic E-state index is 15.5. The number of amides is 6. The van der Waals surface area contributed by atoms with Gasteiger partial charge in [-0.1, -0.05) is 113 Å². The van der Waals surface area contributed by atoms with Crippen LogP contribution < -0.4 is 16.0 Å². The highest BCUT2D eigenvalue weighted by atomic mass is 35.5. The lowest BCUT2D eigenvalue weighted by atomic mass is 9.82. The number of carbonyl (C=O) groups excluding carboxylic acids is 9. The van der Waals surface area contributed by atoms with Crippen molar-refractivity contribution in [2.45, 2.75) is 300 Å². The summed E-state index contributed by atoms with van der Waals surface area (Å²) in [6.45, 7) is 31.3. The minimum absolute atomic E-state index is 0.0128. The van der Waals surface area contributed by atoms with Gasteiger partial charge in [0.2, 0.25) is 35.4 Å². The molecule has 5 saturated heterocycles. The third-order valence-electron chi connectivity index (χ3n) is 30.6. The molecule has 5 heterocycles. The molecule has 3 saturated carbocycles. The van der Waals surface area contributed by atoms with Gasteiger partial charge in [-0.15, -0.1) is 0 Å². The molecule has 0 aromatic heterocycles. The van der Waals surface area contributed by atoms with Crippen molar-refractivity contribution in [3.8, 4) is 0 Å². The van der Waals surface area contributed by atoms with Crippen LogP contribution in [0.5, 0.6) is 0 Å². The lowest BCUT2D eigenvalue weighted by Crippen LogP contribution is -2.45. The molecular weight excluding hydrogens is 1830 g/mol. The summed E-state index contributed by atoms with van der Waals surface area (Å²) in [4.78, 5) is 126. The Morgan fingerprint density at radius 2 is 0.772 bits per heavy atom. The summed E-state index contributed by atoms with van der Waals surface area (Å²) in [5.41, 5.74) is 10.1. The third kappa shape index (κ3) is 24.6. The highest BCUT2D eigenvalue weighted by Gasteiger charge is 2.54. The minimum Gasteiger partial charge on any atom is -0.468 e. The van der Waals surface area contributed by atoms with Crippen LogP contribution in [-0.4, -0.2) is 194 Å². The minimum atomic E-state index is -2.15. The van der Waals surface area contributed by atoms with Crippen LogP contribution in [-0.2, 0) is 57.1 Å². The van der Waals surface area contributed by atoms with E-state index in [1.165, 1.54) is 71.4 Å². The Hall–Kier alpha value is -8.74. The van der Waals surface area contributed by atoms with E-state index in [2.05, 4.69) is 66.8 Å². The molecule has 14 rings (SSSR count). The van der Waals surface area contributed by atoms with E-state index in [1.54, 1.807) is 4.90 Å². The van der Waals surface area contributed by atoms with Crippen molar-refractivity contribution in [1.29, 1.82) is 0 Å². The van der Waals surface area contributed by atoms with Crippen LogP contribution in [0.1, 0.15) is 292 Å². The molecule has 21 nitrogen and oxygen atoms in total. The number of hydrogen-bond acceptors (Lipinski definition) is 15. The van der Waals surface area contributed by atoms with E-state index < -0.39 is 103 Å². The highest BCUT2D eigenvalue weighted by Crippen LogP contribution is 2.52. The van der Waals surface area contributed by atoms with Crippen LogP contribution in [0.4, 0.5) is 26.3 Å². The number of nitrogens with zero attached hydrogens (tertiary/aromatic N) is 5. The van der Waals surface area contributed by atoms with E-state index >= 15 is 8.78 Å². The first kappa shape index (κ1) is 106. The Morgan fingerprint density at radius 3 is 1.09 bits per heavy atom. The first-order valence-corrected chi connectivity index (χ1v) is 52.4. The van der Waals surface area contributed by atoms with E-state index in [4.69, 9.17) is 48.7 Å². The van der Waals surface area contributed by atoms with Gasteiger partial charge in [0.05, 0.1) is 50.5 Å². The topological polar surface area (TPSA) is 254 Å². The van der Waals surface area contributed by atoms with Crippen LogP contribution >= 0.6 is 34.8 Å². The average Bonchev–Trinajstić information content (AvgIpc) is 1.61. The number of β-amino-alcohol motifs (C(OH)–C–C–N with tert-alkyl or cyclic N) is 1. The molecule has 6 amide bonds. The second kappa shape index (κ2) is 45.7. The highest BCUT2D eigenvalue weighted by molar-refractivity contribution is 6.74. The Kier molecular flexibility index (Phi) is 35.6. The van der Waals surface area contributed by atoms with Gasteiger partial charge >= 0.3 is 11.9 Å². The number of methoxy groups -OCH3 is 2. The van der Waals surface area contributed by atoms with Crippen LogP contribution in [0.3, 0.4) is 0 Å². The normalized spacial score (nSPS) is 24.4. The quantitative estimate of drug-likeness (QED) is 0.0250. The molecule has 6 aromatic rings. The fraction of sp³-hybridized carbons (Fsp3) is 0.571. The predicted molar refractivity (Wildman–Crippen MR) is 515 cm³/mol. The van der Waals surface area contributed by atoms with Gasteiger partial charge in [-0.2, -0.15) is 0 Å². The Morgan fingerprint density at radius 1 is 0.449 bits per heavy atom. The molecule has 0 radical (unpaired) electrons. The van der Waals surface area contributed by atoms with Gasteiger partial charge in [0.15, 0.2) is 8.32 Å². The largest absolute Gasteiger partial charge is 0.468 e. The smallest absolute Gasteiger partial charge is 0.323 e. The molecule has 8 fully saturated rings. The van der Waals surface area contributed by atoms with E-state index in [-0.39, 0.29) is 143 Å². The van der Waals surface area contributed by atoms with Crippen molar-refractivity contribution in [2.24, 2.45) is 17.8 Å². The van der Waals surface area contributed by atoms with Crippen LogP contribution in [0.15, 0.2) is 91.0 Å². The van der Waals surface area contributed by atoms with Gasteiger partial charge in [-0.05, 0) is 262 Å². The number of Topliss-reactive ketones (excluding diaryl/α,β-unsaturated/α-hetero) is 1. The van der Waals surface area contributed by atoms with Gasteiger partial charge in [0.1, 0.15) is 52.8 Å². The number of likely N-dealkylation sites (tertiary alicyclic amines) is 5. The number of carbonyl (C=O) groups is 9. The molecule has 4 N–H and O–H groups in total. The summed E-state index contributed by atoms with van der Waals surface area (Å²) in [5, 5.41) is 21.6. The lowest BCUT2D eigenvalue weighted by Gasteiger charge is -2.38. The molecular formula is C105H135Cl3F6N8O13Si. The molecule has 6 aromatic carbocycles. The number of benzene rings is 6. The fourth-order valence-corrected chi connectivity index (χ4v) is 24.4. The summed E-state index contributed by atoms with van der Waals surface area (Å²) < 4.78 is 104. The molecule has 31 heteroatoms. The summed E-state index contributed by atoms with van der Waals surface area (Å²) >= 11 is 19.7. The van der Waals surface area contributed by atoms with Gasteiger partial charge < -0.3 is 49.7 Å². The number of piperidine rings is 3. The van der Waals surface area contributed by atoms with E-state index in [1.807, 2.05) is 80.5 Å². The van der Waals surface area contributed by atoms with Gasteiger partial charge in [0.25, 0.3) is 0 Å². The number of ketones is 1. The molecule has 15 atom stereocenters. The number of aliphatic hydroxyl groups excluding tert-OH is 1. The Bertz CT molecular complexity index is 5370. The monoisotopic (exact) mass is 1960 g/mol. The number of hydrogen-bond donors (Lipinski definition) is 4. The maximum Gasteiger partial charge on any atom is 0.323 e. The standard InChI is InChI=1S/C41H58ClF2N3O5Si.C35H44ClF2N3O5.C29H33ClF2N2O3/c1-10-37(45-25(3)48)33-17-24(2)35(42)22-31(33)26-13-15-46(16-14-26)39(49)34-20-28(19-32(34)30-12-11-27(43)18-36(30)44)47-23-29(21-38(47)40(50)51-7)52-53(8,9)41(4,5)6;1-5-32(39-20(3)42)28-12-19(2)30(36)17-26(28)21-8-10-40(11-9-21)34(44)29-15-23(41-18-24(43)16-33(41)35(45)46-4)14-27(29)25-7-6-22(37)13-31(25)38;1-4-28(33-17(3)35)24-11-16(2)26(30)15-22(24)18-7-9-34(10-8-18)29(37)25-14-20(36)13-23(25)21-6-5-19(31)12-27(21)32/h11-12,17-18,22,26,28-29,32,34,37-38H,10,13-16,19-21,23H2,1-9H3,(H,45,48);6-7,12-13,17,21,23-24,27,29,32-33,43H,5,8-11,14-16,18H2,1-4H3,(H,39,42);5-6,11-12,15,18,23,25,28H,4,7-10,13-14H2,1-3H3,(H,33,35)/t28?,29-,32+,34-,37+,38-;23?,24-,27+,29-,32+,33-;23-,25+,28-/m110/s1. The van der Waals surface area contributed by atoms with Crippen molar-refractivity contribution in [3.63, 3.8) is 0 Å². The summed E-state index contributed by atoms with van der Waals surface area (Å²) in [7, 11) is 0.543. The number of ether oxygens (including phenoxy) is 2. The van der Waals surface area contributed by atoms with Crippen LogP contribution in [0.25, 0.3) is 0 Å². The molecule has 136 heavy (non-hydrogen) atoms. The first-order chi connectivity index (χ1) is 64.3. The van der Waals surface area contributed by atoms with Crippen molar-refractivity contribution in [1.82, 2.24) is 40.4 Å². The summed E-state index contributed by atoms with van der Waals surface area (Å²) in [6.07, 6.45) is 8.09. The second-order valence-electron chi connectivity index (χ2n) is 40.4. The SMILES string of the molecule is CC[C@H](NC(C)=O)c1cc(C)c(Cl)cc1C1CCN(C(=O)[C@@H]2CC(=O)C[C@H]2c2ccc(F)cc2F)CC1.CC[C@H](NC(C)=O)c1cc(C)c(Cl)cc1C1CCN(C(=O)[C@@H]2CC(N3C[C@H](O)C[C@@H]3C(=O)OC)C[C@H]2c2ccc(F)cc2F)CC1.CC[C@H](NC(C)=O)c1cc(C)c(Cl)cc1C1CCN(C(=O)[C@@H]2CC(N3C[C@H](O[Si](C)(C)C(C)(C)C)C[C@@H]3C(=O)OC)C[C@H]2c2ccc(F)cc2F)CC1. The number of rotatable bonds is 24. The number of nitrogens with one attached hydrogen (secondary N) is 3. The van der Waals surface area contributed by atoms with Crippen molar-refractivity contribution in [3.05, 3.63) is 208 Å².